The number of rotatable bonds is 9. The molecule has 3 aromatic rings. The SMILES string of the molecule is CC.COc1ccc(Cl)c(OC[C@H]2CCCN2c2[nH]cncc(C(=O)O)c(=O)c(-c3ccc(N4CC(N(C)C)C4)nc3)cc2Cl)n1. The number of likely N-dealkylation sites (N-methyl/N-ethyl adjacent to an activating group) is 1. The molecule has 2 N–H and O–H groups in total. The molecule has 0 bridgehead atoms. The number of methoxy groups -OCH3 is 1. The molecule has 1 atom stereocenters. The fourth-order valence-electron chi connectivity index (χ4n) is 5.13. The van der Waals surface area contributed by atoms with Crippen LogP contribution in [0.4, 0.5) is 11.6 Å². The van der Waals surface area contributed by atoms with Crippen LogP contribution in [0.5, 0.6) is 11.8 Å². The number of pyridine rings is 2. The van der Waals surface area contributed by atoms with Crippen LogP contribution in [0.25, 0.3) is 11.1 Å². The second-order valence-corrected chi connectivity index (χ2v) is 11.5. The van der Waals surface area contributed by atoms with Crippen LogP contribution >= 0.6 is 23.2 Å². The predicted molar refractivity (Wildman–Crippen MR) is 180 cm³/mol. The fraction of sp³-hybridized carbons (Fsp3) is 0.406. The van der Waals surface area contributed by atoms with E-state index in [1.165, 1.54) is 19.5 Å². The first-order chi connectivity index (χ1) is 22.2. The van der Waals surface area contributed by atoms with Crippen LogP contribution in [0.2, 0.25) is 10.0 Å². The number of aromatic amines is 1. The summed E-state index contributed by atoms with van der Waals surface area (Å²) in [6.07, 6.45) is 5.53. The zero-order valence-electron chi connectivity index (χ0n) is 26.5. The number of carbonyl (C=O) groups is 1. The summed E-state index contributed by atoms with van der Waals surface area (Å²) in [5.74, 6) is 0.491. The van der Waals surface area contributed by atoms with Gasteiger partial charge in [0.1, 0.15) is 28.8 Å². The zero-order chi connectivity index (χ0) is 33.4. The van der Waals surface area contributed by atoms with Gasteiger partial charge in [-0.05, 0) is 51.2 Å². The van der Waals surface area contributed by atoms with Gasteiger partial charge < -0.3 is 34.3 Å². The summed E-state index contributed by atoms with van der Waals surface area (Å²) in [5.41, 5.74) is -0.732. The minimum absolute atomic E-state index is 0.0771. The van der Waals surface area contributed by atoms with Gasteiger partial charge in [-0.1, -0.05) is 37.0 Å². The first-order valence-electron chi connectivity index (χ1n) is 15.0. The van der Waals surface area contributed by atoms with Gasteiger partial charge in [0, 0.05) is 55.3 Å². The molecule has 0 amide bonds. The zero-order valence-corrected chi connectivity index (χ0v) is 28.0. The van der Waals surface area contributed by atoms with Gasteiger partial charge >= 0.3 is 5.97 Å². The number of aromatic nitrogens is 4. The van der Waals surface area contributed by atoms with Crippen molar-refractivity contribution < 1.29 is 19.4 Å². The number of aromatic carboxylic acids is 1. The van der Waals surface area contributed by atoms with Gasteiger partial charge in [-0.3, -0.25) is 4.79 Å². The lowest BCUT2D eigenvalue weighted by Gasteiger charge is -2.43. The Morgan fingerprint density at radius 2 is 1.89 bits per heavy atom. The van der Waals surface area contributed by atoms with E-state index < -0.39 is 17.0 Å². The molecule has 0 aromatic carbocycles. The van der Waals surface area contributed by atoms with E-state index in [0.717, 1.165) is 37.9 Å². The van der Waals surface area contributed by atoms with Crippen molar-refractivity contribution in [2.24, 2.45) is 0 Å². The van der Waals surface area contributed by atoms with Crippen molar-refractivity contribution in [1.82, 2.24) is 24.8 Å². The molecule has 14 heteroatoms. The van der Waals surface area contributed by atoms with E-state index in [2.05, 4.69) is 29.7 Å². The van der Waals surface area contributed by atoms with Gasteiger partial charge in [0.05, 0.1) is 24.5 Å². The summed E-state index contributed by atoms with van der Waals surface area (Å²) in [5, 5.41) is 10.3. The molecule has 246 valence electrons. The van der Waals surface area contributed by atoms with Gasteiger partial charge in [-0.15, -0.1) is 0 Å². The first-order valence-corrected chi connectivity index (χ1v) is 15.8. The number of H-pyrrole nitrogens is 1. The molecule has 3 aromatic heterocycles. The maximum Gasteiger partial charge on any atom is 0.341 e. The monoisotopic (exact) mass is 671 g/mol. The second kappa shape index (κ2) is 15.9. The first kappa shape index (κ1) is 34.7. The fourth-order valence-corrected chi connectivity index (χ4v) is 5.56. The van der Waals surface area contributed by atoms with Crippen molar-refractivity contribution in [3.05, 3.63) is 74.9 Å². The van der Waals surface area contributed by atoms with Crippen molar-refractivity contribution in [2.45, 2.75) is 38.8 Å². The minimum atomic E-state index is -1.40. The predicted octanol–water partition coefficient (Wildman–Crippen LogP) is 5.19. The van der Waals surface area contributed by atoms with E-state index in [0.29, 0.717) is 34.9 Å². The molecular formula is C32H39Cl2N7O5. The van der Waals surface area contributed by atoms with Gasteiger partial charge in [0.25, 0.3) is 0 Å². The standard InChI is InChI=1S/C30H33Cl2N7O5.C2H6/c1-37(2)20-14-38(15-20)25-8-6-18(12-34-25)21-11-24(32)28(35-17-33-13-22(27(21)40)30(41)42)39-10-4-5-19(39)16-44-29-23(31)7-9-26(36-29)43-3;1-2/h6-9,11-13,17,19-20H,4-5,10,14-16H2,1-3H3,(H,33,35)(H,41,42);1-2H3/t19-;/m1./s1. The molecule has 12 nitrogen and oxygen atoms in total. The number of nitrogens with one attached hydrogen (secondary N) is 1. The molecule has 0 aliphatic carbocycles. The molecule has 2 saturated heterocycles. The number of ether oxygens (including phenoxy) is 2. The van der Waals surface area contributed by atoms with Crippen LogP contribution in [0.15, 0.2) is 53.8 Å². The van der Waals surface area contributed by atoms with Gasteiger partial charge in [0.2, 0.25) is 17.2 Å². The van der Waals surface area contributed by atoms with E-state index in [1.54, 1.807) is 24.4 Å². The van der Waals surface area contributed by atoms with Gasteiger partial charge in [-0.2, -0.15) is 4.98 Å². The maximum atomic E-state index is 13.6. The average molecular weight is 673 g/mol. The normalized spacial score (nSPS) is 15.9. The molecule has 0 radical (unpaired) electrons. The minimum Gasteiger partial charge on any atom is -0.481 e. The highest BCUT2D eigenvalue weighted by Gasteiger charge is 2.30. The van der Waals surface area contributed by atoms with Crippen LogP contribution < -0.4 is 24.7 Å². The summed E-state index contributed by atoms with van der Waals surface area (Å²) in [6, 6.07) is 8.67. The third-order valence-electron chi connectivity index (χ3n) is 7.75. The Labute approximate surface area is 278 Å². The van der Waals surface area contributed by atoms with E-state index in [4.69, 9.17) is 32.7 Å². The molecule has 2 aliphatic heterocycles. The topological polar surface area (TPSA) is 137 Å². The van der Waals surface area contributed by atoms with Crippen molar-refractivity contribution in [3.8, 4) is 22.9 Å². The summed E-state index contributed by atoms with van der Waals surface area (Å²) in [6.45, 7) is 6.58. The largest absolute Gasteiger partial charge is 0.481 e. The Morgan fingerprint density at radius 3 is 2.54 bits per heavy atom. The molecule has 5 rings (SSSR count). The highest BCUT2D eigenvalue weighted by Crippen LogP contribution is 2.32. The summed E-state index contributed by atoms with van der Waals surface area (Å²) < 4.78 is 11.2. The lowest BCUT2D eigenvalue weighted by Crippen LogP contribution is -2.57. The molecule has 0 unspecified atom stereocenters. The quantitative estimate of drug-likeness (QED) is 0.311. The summed E-state index contributed by atoms with van der Waals surface area (Å²) in [7, 11) is 5.59. The molecule has 0 spiro atoms. The third kappa shape index (κ3) is 7.98. The number of hydrogen-bond donors (Lipinski definition) is 2. The van der Waals surface area contributed by atoms with Crippen LogP contribution in [0.3, 0.4) is 0 Å². The van der Waals surface area contributed by atoms with E-state index in [1.807, 2.05) is 38.9 Å². The van der Waals surface area contributed by atoms with E-state index >= 15 is 0 Å². The second-order valence-electron chi connectivity index (χ2n) is 10.7. The van der Waals surface area contributed by atoms with E-state index in [-0.39, 0.29) is 29.1 Å². The van der Waals surface area contributed by atoms with Crippen molar-refractivity contribution in [2.75, 3.05) is 57.2 Å². The highest BCUT2D eigenvalue weighted by atomic mass is 35.5. The van der Waals surface area contributed by atoms with Crippen LogP contribution in [0.1, 0.15) is 37.0 Å². The molecular weight excluding hydrogens is 633 g/mol. The van der Waals surface area contributed by atoms with Crippen molar-refractivity contribution in [1.29, 1.82) is 0 Å². The molecule has 5 heterocycles. The Balaban J connectivity index is 0.00000235. The van der Waals surface area contributed by atoms with E-state index in [9.17, 15) is 14.7 Å². The smallest absolute Gasteiger partial charge is 0.341 e. The lowest BCUT2D eigenvalue weighted by molar-refractivity contribution is 0.0695. The van der Waals surface area contributed by atoms with Gasteiger partial charge in [-0.25, -0.2) is 14.8 Å². The number of nitrogens with zero attached hydrogens (tertiary/aromatic N) is 6. The molecule has 0 saturated carbocycles. The Hall–Kier alpha value is -4.13. The Morgan fingerprint density at radius 1 is 1.13 bits per heavy atom. The third-order valence-corrected chi connectivity index (χ3v) is 8.32. The number of carboxylic acid groups (broad SMARTS) is 1. The van der Waals surface area contributed by atoms with Gasteiger partial charge in [0.15, 0.2) is 0 Å². The molecule has 46 heavy (non-hydrogen) atoms. The molecule has 2 fully saturated rings. The van der Waals surface area contributed by atoms with Crippen molar-refractivity contribution >= 4 is 40.8 Å². The number of halogens is 2. The molecule has 2 aliphatic rings. The highest BCUT2D eigenvalue weighted by molar-refractivity contribution is 6.33. The number of anilines is 2. The summed E-state index contributed by atoms with van der Waals surface area (Å²) in [4.78, 5) is 47.9. The van der Waals surface area contributed by atoms with Crippen LogP contribution in [-0.4, -0.2) is 95.4 Å². The summed E-state index contributed by atoms with van der Waals surface area (Å²) >= 11 is 13.2. The number of hydrogen-bond acceptors (Lipinski definition) is 10. The Bertz CT molecular complexity index is 1630. The average Bonchev–Trinajstić information content (AvgIpc) is 3.49. The van der Waals surface area contributed by atoms with Crippen LogP contribution in [0, 0.1) is 0 Å². The maximum absolute atomic E-state index is 13.6. The lowest BCUT2D eigenvalue weighted by atomic mass is 10.1. The number of carboxylic acids is 1. The Kier molecular flexibility index (Phi) is 12.0. The van der Waals surface area contributed by atoms with Crippen molar-refractivity contribution in [3.63, 3.8) is 0 Å². The van der Waals surface area contributed by atoms with Crippen LogP contribution in [-0.2, 0) is 0 Å².